The topological polar surface area (TPSA) is 37.3 Å². The van der Waals surface area contributed by atoms with E-state index in [0.717, 1.165) is 0 Å². The fourth-order valence-electron chi connectivity index (χ4n) is 0.466. The third-order valence-electron chi connectivity index (χ3n) is 0.901. The monoisotopic (exact) mass is 298 g/mol. The average molecular weight is 299 g/mol. The van der Waals surface area contributed by atoms with E-state index in [1.807, 2.05) is 22.6 Å². The lowest BCUT2D eigenvalue weighted by Crippen LogP contribution is -1.78. The van der Waals surface area contributed by atoms with Gasteiger partial charge in [0.25, 0.3) is 0 Å². The standard InChI is InChI=1S/C8H8ClIO2/c1-6(9)5-8(12)7(10)3-2-4-11/h2-5,12H,1H3/b3-2+,6-5+,8-7-. The van der Waals surface area contributed by atoms with Gasteiger partial charge in [-0.1, -0.05) is 11.6 Å². The highest BCUT2D eigenvalue weighted by atomic mass is 127. The number of aliphatic hydroxyl groups is 1. The Kier molecular flexibility index (Phi) is 6.10. The number of carbonyl (C=O) groups excluding carboxylic acids is 1. The van der Waals surface area contributed by atoms with E-state index >= 15 is 0 Å². The number of halogens is 2. The maximum atomic E-state index is 9.92. The number of rotatable bonds is 3. The number of aliphatic hydroxyl groups excluding tert-OH is 1. The molecule has 0 aliphatic rings. The first kappa shape index (κ1) is 11.7. The normalized spacial score (nSPS) is 14.8. The molecule has 0 aromatic rings. The molecule has 0 saturated carbocycles. The van der Waals surface area contributed by atoms with Crippen LogP contribution in [0.3, 0.4) is 0 Å². The smallest absolute Gasteiger partial charge is 0.142 e. The van der Waals surface area contributed by atoms with Gasteiger partial charge in [-0.3, -0.25) is 4.79 Å². The predicted octanol–water partition coefficient (Wildman–Crippen LogP) is 3.09. The van der Waals surface area contributed by atoms with E-state index in [4.69, 9.17) is 11.6 Å². The van der Waals surface area contributed by atoms with E-state index in [-0.39, 0.29) is 5.76 Å². The van der Waals surface area contributed by atoms with Crippen LogP contribution in [-0.4, -0.2) is 11.4 Å². The Hall–Kier alpha value is -0.290. The van der Waals surface area contributed by atoms with E-state index < -0.39 is 0 Å². The Balaban J connectivity index is 4.57. The largest absolute Gasteiger partial charge is 0.507 e. The van der Waals surface area contributed by atoms with E-state index in [9.17, 15) is 9.90 Å². The van der Waals surface area contributed by atoms with Crippen LogP contribution in [0.2, 0.25) is 0 Å². The van der Waals surface area contributed by atoms with Gasteiger partial charge in [-0.05, 0) is 47.7 Å². The van der Waals surface area contributed by atoms with Crippen LogP contribution in [0, 0.1) is 0 Å². The van der Waals surface area contributed by atoms with Crippen molar-refractivity contribution in [2.24, 2.45) is 0 Å². The maximum Gasteiger partial charge on any atom is 0.142 e. The van der Waals surface area contributed by atoms with Gasteiger partial charge in [-0.25, -0.2) is 0 Å². The quantitative estimate of drug-likeness (QED) is 0.286. The summed E-state index contributed by atoms with van der Waals surface area (Å²) in [4.78, 5) is 9.92. The van der Waals surface area contributed by atoms with Crippen LogP contribution < -0.4 is 0 Å². The summed E-state index contributed by atoms with van der Waals surface area (Å²) in [6, 6.07) is 0. The fraction of sp³-hybridized carbons (Fsp3) is 0.125. The first-order valence-electron chi connectivity index (χ1n) is 3.12. The Morgan fingerprint density at radius 2 is 2.17 bits per heavy atom. The van der Waals surface area contributed by atoms with Crippen molar-refractivity contribution in [2.45, 2.75) is 6.92 Å². The molecule has 66 valence electrons. The van der Waals surface area contributed by atoms with Crippen LogP contribution in [0.15, 0.2) is 32.6 Å². The summed E-state index contributed by atoms with van der Waals surface area (Å²) in [5.74, 6) is 0.0567. The first-order valence-corrected chi connectivity index (χ1v) is 4.58. The number of aldehydes is 1. The summed E-state index contributed by atoms with van der Waals surface area (Å²) in [6.45, 7) is 1.66. The van der Waals surface area contributed by atoms with Crippen molar-refractivity contribution >= 4 is 40.5 Å². The molecule has 0 radical (unpaired) electrons. The van der Waals surface area contributed by atoms with E-state index in [1.165, 1.54) is 18.2 Å². The second-order valence-corrected chi connectivity index (χ2v) is 3.72. The molecule has 0 fully saturated rings. The number of allylic oxidation sites excluding steroid dienone is 5. The molecule has 0 bridgehead atoms. The third-order valence-corrected chi connectivity index (χ3v) is 1.92. The van der Waals surface area contributed by atoms with E-state index in [0.29, 0.717) is 14.9 Å². The minimum Gasteiger partial charge on any atom is -0.507 e. The molecule has 0 amide bonds. The Labute approximate surface area is 89.7 Å². The summed E-state index contributed by atoms with van der Waals surface area (Å²) in [7, 11) is 0. The minimum atomic E-state index is 0.0567. The van der Waals surface area contributed by atoms with E-state index in [2.05, 4.69) is 0 Å². The SMILES string of the molecule is C\C(Cl)=C/C(O)=C(I)\C=C\C=O. The van der Waals surface area contributed by atoms with Crippen molar-refractivity contribution < 1.29 is 9.90 Å². The van der Waals surface area contributed by atoms with Gasteiger partial charge in [0.05, 0.1) is 3.58 Å². The number of hydrogen-bond donors (Lipinski definition) is 1. The zero-order valence-corrected chi connectivity index (χ0v) is 9.33. The lowest BCUT2D eigenvalue weighted by molar-refractivity contribution is -0.104. The second kappa shape index (κ2) is 6.25. The maximum absolute atomic E-state index is 9.92. The van der Waals surface area contributed by atoms with Crippen molar-refractivity contribution in [3.05, 3.63) is 32.6 Å². The molecule has 0 saturated heterocycles. The van der Waals surface area contributed by atoms with Crippen molar-refractivity contribution in [3.63, 3.8) is 0 Å². The van der Waals surface area contributed by atoms with Gasteiger partial charge >= 0.3 is 0 Å². The van der Waals surface area contributed by atoms with Crippen molar-refractivity contribution in [2.75, 3.05) is 0 Å². The van der Waals surface area contributed by atoms with E-state index in [1.54, 1.807) is 6.92 Å². The summed E-state index contributed by atoms with van der Waals surface area (Å²) < 4.78 is 0.569. The van der Waals surface area contributed by atoms with Crippen molar-refractivity contribution in [3.8, 4) is 0 Å². The highest BCUT2D eigenvalue weighted by molar-refractivity contribution is 14.1. The van der Waals surface area contributed by atoms with Crippen LogP contribution >= 0.6 is 34.2 Å². The van der Waals surface area contributed by atoms with Gasteiger partial charge in [0.2, 0.25) is 0 Å². The summed E-state index contributed by atoms with van der Waals surface area (Å²) in [5, 5.41) is 9.75. The number of carbonyl (C=O) groups is 1. The Morgan fingerprint density at radius 3 is 2.58 bits per heavy atom. The minimum absolute atomic E-state index is 0.0567. The molecular formula is C8H8ClIO2. The van der Waals surface area contributed by atoms with Crippen molar-refractivity contribution in [1.29, 1.82) is 0 Å². The Bertz CT molecular complexity index is 250. The predicted molar refractivity (Wildman–Crippen MR) is 58.5 cm³/mol. The molecule has 0 heterocycles. The second-order valence-electron chi connectivity index (χ2n) is 1.96. The molecule has 2 nitrogen and oxygen atoms in total. The third kappa shape index (κ3) is 5.37. The van der Waals surface area contributed by atoms with Gasteiger partial charge in [0, 0.05) is 5.03 Å². The summed E-state index contributed by atoms with van der Waals surface area (Å²) in [6.07, 6.45) is 4.86. The van der Waals surface area contributed by atoms with Gasteiger partial charge in [-0.2, -0.15) is 0 Å². The van der Waals surface area contributed by atoms with Crippen molar-refractivity contribution in [1.82, 2.24) is 0 Å². The molecule has 0 aromatic carbocycles. The molecular weight excluding hydrogens is 290 g/mol. The molecule has 0 aromatic heterocycles. The van der Waals surface area contributed by atoms with Crippen LogP contribution in [0.1, 0.15) is 6.92 Å². The van der Waals surface area contributed by atoms with Crippen LogP contribution in [0.4, 0.5) is 0 Å². The van der Waals surface area contributed by atoms with Crippen LogP contribution in [-0.2, 0) is 4.79 Å². The summed E-state index contributed by atoms with van der Waals surface area (Å²) in [5.41, 5.74) is 0. The molecule has 0 unspecified atom stereocenters. The lowest BCUT2D eigenvalue weighted by atomic mass is 10.4. The van der Waals surface area contributed by atoms with Crippen LogP contribution in [0.5, 0.6) is 0 Å². The van der Waals surface area contributed by atoms with Gasteiger partial charge in [0.15, 0.2) is 0 Å². The van der Waals surface area contributed by atoms with Gasteiger partial charge in [-0.15, -0.1) is 0 Å². The number of hydrogen-bond acceptors (Lipinski definition) is 2. The molecule has 4 heteroatoms. The fourth-order valence-corrected chi connectivity index (χ4v) is 0.933. The highest BCUT2D eigenvalue weighted by Crippen LogP contribution is 2.15. The molecule has 0 atom stereocenters. The molecule has 0 rings (SSSR count). The first-order chi connectivity index (χ1) is 5.57. The highest BCUT2D eigenvalue weighted by Gasteiger charge is 1.94. The van der Waals surface area contributed by atoms with Crippen LogP contribution in [0.25, 0.3) is 0 Å². The summed E-state index contributed by atoms with van der Waals surface area (Å²) >= 11 is 7.43. The average Bonchev–Trinajstić information content (AvgIpc) is 1.98. The van der Waals surface area contributed by atoms with Gasteiger partial charge < -0.3 is 5.11 Å². The molecule has 12 heavy (non-hydrogen) atoms. The molecule has 0 spiro atoms. The molecule has 0 aliphatic carbocycles. The molecule has 1 N–H and O–H groups in total. The van der Waals surface area contributed by atoms with Gasteiger partial charge in [0.1, 0.15) is 12.0 Å². The zero-order valence-electron chi connectivity index (χ0n) is 6.42. The Morgan fingerprint density at radius 1 is 1.58 bits per heavy atom. The molecule has 0 aliphatic heterocycles. The zero-order chi connectivity index (χ0) is 9.56. The lowest BCUT2D eigenvalue weighted by Gasteiger charge is -1.93.